The van der Waals surface area contributed by atoms with E-state index >= 15 is 0 Å². The largest absolute Gasteiger partial charge is 0.480 e. The summed E-state index contributed by atoms with van der Waals surface area (Å²) in [5, 5.41) is 15.2. The highest BCUT2D eigenvalue weighted by molar-refractivity contribution is 7.89. The first-order valence-electron chi connectivity index (χ1n) is 11.2. The lowest BCUT2D eigenvalue weighted by atomic mass is 10.0. The summed E-state index contributed by atoms with van der Waals surface area (Å²) in [6, 6.07) is -1.27. The quantitative estimate of drug-likeness (QED) is 0.288. The Morgan fingerprint density at radius 3 is 2.59 bits per heavy atom. The highest BCUT2D eigenvalue weighted by Gasteiger charge is 2.24. The minimum absolute atomic E-state index is 0.0209. The summed E-state index contributed by atoms with van der Waals surface area (Å²) in [6.45, 7) is 10.5. The van der Waals surface area contributed by atoms with Crippen molar-refractivity contribution < 1.29 is 23.1 Å². The smallest absolute Gasteiger partial charge is 0.321 e. The number of carboxylic acid groups (broad SMARTS) is 1. The van der Waals surface area contributed by atoms with E-state index in [1.165, 1.54) is 5.57 Å². The molecule has 0 radical (unpaired) electrons. The van der Waals surface area contributed by atoms with Gasteiger partial charge in [0.1, 0.15) is 11.9 Å². The van der Waals surface area contributed by atoms with Gasteiger partial charge in [0.25, 0.3) is 0 Å². The molecule has 0 saturated carbocycles. The third-order valence-corrected chi connectivity index (χ3v) is 6.63. The second kappa shape index (κ2) is 14.1. The first-order chi connectivity index (χ1) is 15.0. The summed E-state index contributed by atoms with van der Waals surface area (Å²) in [4.78, 5) is 27.9. The molecular weight excluding hydrogens is 432 g/mol. The standard InChI is InChI=1S/C22H38N4O5S/c1-5-18-10-8-13-24-21(18)25-17(4)9-6-7-11-20(27)23-14-12-19(22(28)29)26-32(30,31)15-16(2)3/h5,16,19,26H,4,6-15H2,1-3H3,(H,23,27)(H,24,25)(H,28,29)/b18-5-. The highest BCUT2D eigenvalue weighted by atomic mass is 32.2. The van der Waals surface area contributed by atoms with Gasteiger partial charge in [-0.3, -0.25) is 9.59 Å². The van der Waals surface area contributed by atoms with E-state index in [4.69, 9.17) is 0 Å². The van der Waals surface area contributed by atoms with Crippen molar-refractivity contribution in [1.29, 1.82) is 0 Å². The number of carbonyl (C=O) groups excluding carboxylic acids is 1. The Hall–Kier alpha value is -2.20. The summed E-state index contributed by atoms with van der Waals surface area (Å²) in [5.74, 6) is -0.834. The van der Waals surface area contributed by atoms with Crippen LogP contribution in [-0.4, -0.2) is 56.1 Å². The molecule has 1 aliphatic heterocycles. The van der Waals surface area contributed by atoms with Crippen molar-refractivity contribution in [2.75, 3.05) is 18.8 Å². The number of carboxylic acids is 1. The Bertz CT molecular complexity index is 818. The monoisotopic (exact) mass is 470 g/mol. The maximum absolute atomic E-state index is 12.0. The van der Waals surface area contributed by atoms with Crippen molar-refractivity contribution in [1.82, 2.24) is 15.4 Å². The molecule has 0 aromatic carbocycles. The fraction of sp³-hybridized carbons (Fsp3) is 0.682. The van der Waals surface area contributed by atoms with Crippen LogP contribution < -0.4 is 15.4 Å². The molecule has 182 valence electrons. The fourth-order valence-electron chi connectivity index (χ4n) is 3.32. The van der Waals surface area contributed by atoms with Gasteiger partial charge < -0.3 is 15.7 Å². The molecule has 0 bridgehead atoms. The van der Waals surface area contributed by atoms with Gasteiger partial charge in [-0.1, -0.05) is 26.5 Å². The summed E-state index contributed by atoms with van der Waals surface area (Å²) < 4.78 is 26.1. The van der Waals surface area contributed by atoms with E-state index in [1.54, 1.807) is 13.8 Å². The minimum atomic E-state index is -3.69. The molecule has 1 atom stereocenters. The van der Waals surface area contributed by atoms with Crippen molar-refractivity contribution in [2.45, 2.75) is 71.8 Å². The van der Waals surface area contributed by atoms with Gasteiger partial charge in [0.15, 0.2) is 0 Å². The number of nitrogens with zero attached hydrogens (tertiary/aromatic N) is 1. The van der Waals surface area contributed by atoms with Crippen LogP contribution in [0.3, 0.4) is 0 Å². The number of amidine groups is 1. The predicted molar refractivity (Wildman–Crippen MR) is 127 cm³/mol. The fourth-order valence-corrected chi connectivity index (χ4v) is 4.95. The van der Waals surface area contributed by atoms with Crippen molar-refractivity contribution in [2.24, 2.45) is 10.9 Å². The molecule has 10 heteroatoms. The first-order valence-corrected chi connectivity index (χ1v) is 12.8. The van der Waals surface area contributed by atoms with E-state index in [-0.39, 0.29) is 30.5 Å². The Morgan fingerprint density at radius 1 is 1.28 bits per heavy atom. The SMILES string of the molecule is C=C(CCCCC(=O)NCCC(NS(=O)(=O)CC(C)C)C(=O)O)/N=C1/NCCC/C1=C/C. The Kier molecular flexibility index (Phi) is 12.2. The van der Waals surface area contributed by atoms with Gasteiger partial charge in [0, 0.05) is 25.2 Å². The summed E-state index contributed by atoms with van der Waals surface area (Å²) >= 11 is 0. The normalized spacial score (nSPS) is 17.9. The average molecular weight is 471 g/mol. The predicted octanol–water partition coefficient (Wildman–Crippen LogP) is 2.32. The number of rotatable bonds is 14. The molecule has 1 saturated heterocycles. The number of aliphatic carboxylic acids is 1. The average Bonchev–Trinajstić information content (AvgIpc) is 2.69. The maximum Gasteiger partial charge on any atom is 0.321 e. The molecule has 0 aromatic heterocycles. The van der Waals surface area contributed by atoms with E-state index in [0.29, 0.717) is 19.3 Å². The zero-order valence-electron chi connectivity index (χ0n) is 19.4. The van der Waals surface area contributed by atoms with Gasteiger partial charge in [-0.05, 0) is 56.9 Å². The Balaban J connectivity index is 2.31. The number of allylic oxidation sites excluding steroid dienone is 2. The molecule has 0 aromatic rings. The first kappa shape index (κ1) is 27.8. The maximum atomic E-state index is 12.0. The molecule has 0 aliphatic carbocycles. The van der Waals surface area contributed by atoms with Gasteiger partial charge in [-0.15, -0.1) is 0 Å². The third-order valence-electron chi connectivity index (χ3n) is 4.88. The molecule has 4 N–H and O–H groups in total. The summed E-state index contributed by atoms with van der Waals surface area (Å²) in [7, 11) is -3.69. The van der Waals surface area contributed by atoms with E-state index in [0.717, 1.165) is 37.3 Å². The number of unbranched alkanes of at least 4 members (excludes halogenated alkanes) is 1. The molecule has 1 aliphatic rings. The van der Waals surface area contributed by atoms with E-state index in [2.05, 4.69) is 33.0 Å². The Morgan fingerprint density at radius 2 is 1.97 bits per heavy atom. The van der Waals surface area contributed by atoms with Crippen molar-refractivity contribution in [3.8, 4) is 0 Å². The van der Waals surface area contributed by atoms with Crippen molar-refractivity contribution in [3.05, 3.63) is 23.9 Å². The number of hydrogen-bond acceptors (Lipinski definition) is 5. The van der Waals surface area contributed by atoms with Crippen LogP contribution in [0.15, 0.2) is 28.9 Å². The van der Waals surface area contributed by atoms with Gasteiger partial charge in [-0.2, -0.15) is 0 Å². The minimum Gasteiger partial charge on any atom is -0.480 e. The van der Waals surface area contributed by atoms with Crippen molar-refractivity contribution in [3.63, 3.8) is 0 Å². The molecule has 0 spiro atoms. The van der Waals surface area contributed by atoms with Crippen LogP contribution in [0.25, 0.3) is 0 Å². The van der Waals surface area contributed by atoms with Crippen LogP contribution in [-0.2, 0) is 19.6 Å². The second-order valence-electron chi connectivity index (χ2n) is 8.40. The van der Waals surface area contributed by atoms with Crippen LogP contribution in [0, 0.1) is 5.92 Å². The van der Waals surface area contributed by atoms with Gasteiger partial charge in [0.05, 0.1) is 5.75 Å². The van der Waals surface area contributed by atoms with Gasteiger partial charge >= 0.3 is 5.97 Å². The van der Waals surface area contributed by atoms with Gasteiger partial charge in [-0.25, -0.2) is 18.1 Å². The van der Waals surface area contributed by atoms with Crippen LogP contribution >= 0.6 is 0 Å². The number of carbonyl (C=O) groups is 2. The van der Waals surface area contributed by atoms with Crippen molar-refractivity contribution >= 4 is 27.7 Å². The number of piperidine rings is 1. The lowest BCUT2D eigenvalue weighted by molar-refractivity contribution is -0.139. The number of amides is 1. The zero-order chi connectivity index (χ0) is 24.1. The summed E-state index contributed by atoms with van der Waals surface area (Å²) in [5.41, 5.74) is 1.97. The van der Waals surface area contributed by atoms with Crippen LogP contribution in [0.1, 0.15) is 65.7 Å². The zero-order valence-corrected chi connectivity index (χ0v) is 20.3. The highest BCUT2D eigenvalue weighted by Crippen LogP contribution is 2.15. The number of nitrogens with one attached hydrogen (secondary N) is 3. The summed E-state index contributed by atoms with van der Waals surface area (Å²) in [6.07, 6.45) is 6.56. The van der Waals surface area contributed by atoms with Crippen LogP contribution in [0.4, 0.5) is 0 Å². The molecule has 1 unspecified atom stereocenters. The molecule has 1 heterocycles. The molecule has 1 amide bonds. The second-order valence-corrected chi connectivity index (χ2v) is 10.2. The lowest BCUT2D eigenvalue weighted by Crippen LogP contribution is -2.44. The van der Waals surface area contributed by atoms with E-state index in [1.807, 2.05) is 6.92 Å². The molecule has 32 heavy (non-hydrogen) atoms. The van der Waals surface area contributed by atoms with Crippen LogP contribution in [0.5, 0.6) is 0 Å². The lowest BCUT2D eigenvalue weighted by Gasteiger charge is -2.19. The number of sulfonamides is 1. The molecule has 1 rings (SSSR count). The van der Waals surface area contributed by atoms with Crippen LogP contribution in [0.2, 0.25) is 0 Å². The Labute approximate surface area is 191 Å². The molecule has 9 nitrogen and oxygen atoms in total. The topological polar surface area (TPSA) is 137 Å². The van der Waals surface area contributed by atoms with E-state index < -0.39 is 22.0 Å². The third kappa shape index (κ3) is 11.4. The number of aliphatic imine (C=N–C) groups is 1. The van der Waals surface area contributed by atoms with E-state index in [9.17, 15) is 23.1 Å². The van der Waals surface area contributed by atoms with Gasteiger partial charge in [0.2, 0.25) is 15.9 Å². The molecular formula is C22H38N4O5S. The number of hydrogen-bond donors (Lipinski definition) is 4. The molecule has 1 fully saturated rings.